The smallest absolute Gasteiger partial charge is 0.128 e. The molecule has 0 aliphatic heterocycles. The van der Waals surface area contributed by atoms with Crippen LogP contribution in [0.3, 0.4) is 0 Å². The molecule has 0 amide bonds. The number of hydrogen-bond donors (Lipinski definition) is 1. The summed E-state index contributed by atoms with van der Waals surface area (Å²) in [5, 5.41) is 3.23. The number of hydrogen-bond acceptors (Lipinski definition) is 2. The van der Waals surface area contributed by atoms with Gasteiger partial charge in [-0.15, -0.1) is 0 Å². The van der Waals surface area contributed by atoms with Gasteiger partial charge in [0.2, 0.25) is 0 Å². The van der Waals surface area contributed by atoms with E-state index in [-0.39, 0.29) is 11.9 Å². The highest BCUT2D eigenvalue weighted by Crippen LogP contribution is 2.24. The summed E-state index contributed by atoms with van der Waals surface area (Å²) in [5.41, 5.74) is 0.393. The Kier molecular flexibility index (Phi) is 4.30. The monoisotopic (exact) mass is 254 g/mol. The Labute approximate surface area is 107 Å². The van der Waals surface area contributed by atoms with Crippen LogP contribution in [0.15, 0.2) is 18.2 Å². The average Bonchev–Trinajstić information content (AvgIpc) is 3.16. The summed E-state index contributed by atoms with van der Waals surface area (Å²) in [6, 6.07) is 4.14. The molecule has 0 spiro atoms. The third kappa shape index (κ3) is 3.50. The van der Waals surface area contributed by atoms with Crippen LogP contribution in [-0.2, 0) is 0 Å². The molecule has 0 aromatic heterocycles. The van der Waals surface area contributed by atoms with Gasteiger partial charge in [0.05, 0.1) is 0 Å². The second-order valence-electron chi connectivity index (χ2n) is 5.05. The Morgan fingerprint density at radius 2 is 2.11 bits per heavy atom. The van der Waals surface area contributed by atoms with E-state index in [1.165, 1.54) is 25.0 Å². The van der Waals surface area contributed by atoms with E-state index < -0.39 is 5.82 Å². The van der Waals surface area contributed by atoms with E-state index in [9.17, 15) is 8.78 Å². The van der Waals surface area contributed by atoms with Crippen molar-refractivity contribution in [2.75, 3.05) is 20.1 Å². The second kappa shape index (κ2) is 5.76. The Balaban J connectivity index is 1.82. The first kappa shape index (κ1) is 13.4. The van der Waals surface area contributed by atoms with Gasteiger partial charge in [-0.05, 0) is 45.0 Å². The molecule has 1 atom stereocenters. The van der Waals surface area contributed by atoms with Crippen molar-refractivity contribution in [2.24, 2.45) is 0 Å². The minimum absolute atomic E-state index is 0.173. The summed E-state index contributed by atoms with van der Waals surface area (Å²) in [4.78, 5) is 2.31. The predicted octanol–water partition coefficient (Wildman–Crippen LogP) is 2.71. The molecule has 18 heavy (non-hydrogen) atoms. The average molecular weight is 254 g/mol. The lowest BCUT2D eigenvalue weighted by Crippen LogP contribution is -2.32. The molecule has 4 heteroatoms. The van der Waals surface area contributed by atoms with Crippen molar-refractivity contribution in [1.82, 2.24) is 10.2 Å². The molecule has 2 rings (SSSR count). The summed E-state index contributed by atoms with van der Waals surface area (Å²) in [6.45, 7) is 3.57. The maximum absolute atomic E-state index is 13.5. The highest BCUT2D eigenvalue weighted by atomic mass is 19.1. The van der Waals surface area contributed by atoms with Gasteiger partial charge in [-0.25, -0.2) is 8.78 Å². The lowest BCUT2D eigenvalue weighted by molar-refractivity contribution is 0.315. The molecular weight excluding hydrogens is 234 g/mol. The number of benzene rings is 1. The zero-order valence-electron chi connectivity index (χ0n) is 10.9. The molecular formula is C14H20F2N2. The van der Waals surface area contributed by atoms with Crippen molar-refractivity contribution in [3.63, 3.8) is 0 Å². The number of rotatable bonds is 6. The van der Waals surface area contributed by atoms with Crippen molar-refractivity contribution >= 4 is 0 Å². The van der Waals surface area contributed by atoms with Crippen molar-refractivity contribution in [3.05, 3.63) is 35.4 Å². The summed E-state index contributed by atoms with van der Waals surface area (Å²) in [7, 11) is 2.10. The number of halogens is 2. The molecule has 0 heterocycles. The number of nitrogens with zero attached hydrogens (tertiary/aromatic N) is 1. The van der Waals surface area contributed by atoms with E-state index in [0.717, 1.165) is 25.2 Å². The van der Waals surface area contributed by atoms with Crippen LogP contribution in [0.2, 0.25) is 0 Å². The van der Waals surface area contributed by atoms with E-state index in [1.54, 1.807) is 0 Å². The maximum Gasteiger partial charge on any atom is 0.128 e. The van der Waals surface area contributed by atoms with E-state index in [1.807, 2.05) is 6.92 Å². The molecule has 1 aromatic rings. The van der Waals surface area contributed by atoms with E-state index in [0.29, 0.717) is 5.56 Å². The molecule has 1 aliphatic rings. The van der Waals surface area contributed by atoms with Gasteiger partial charge in [0, 0.05) is 30.7 Å². The van der Waals surface area contributed by atoms with Crippen LogP contribution in [0.4, 0.5) is 8.78 Å². The maximum atomic E-state index is 13.5. The standard InChI is InChI=1S/C14H20F2N2/c1-10(13-9-11(15)3-6-14(13)16)17-7-8-18(2)12-4-5-12/h3,6,9-10,12,17H,4-5,7-8H2,1-2H3. The van der Waals surface area contributed by atoms with Crippen molar-refractivity contribution in [3.8, 4) is 0 Å². The van der Waals surface area contributed by atoms with Crippen LogP contribution >= 0.6 is 0 Å². The van der Waals surface area contributed by atoms with Crippen LogP contribution < -0.4 is 5.32 Å². The lowest BCUT2D eigenvalue weighted by atomic mass is 10.1. The fourth-order valence-electron chi connectivity index (χ4n) is 2.11. The predicted molar refractivity (Wildman–Crippen MR) is 68.4 cm³/mol. The molecule has 1 unspecified atom stereocenters. The molecule has 1 aliphatic carbocycles. The van der Waals surface area contributed by atoms with Crippen molar-refractivity contribution < 1.29 is 8.78 Å². The van der Waals surface area contributed by atoms with Crippen LogP contribution in [0.5, 0.6) is 0 Å². The first-order valence-corrected chi connectivity index (χ1v) is 6.46. The summed E-state index contributed by atoms with van der Waals surface area (Å²) < 4.78 is 26.6. The molecule has 1 aromatic carbocycles. The fraction of sp³-hybridized carbons (Fsp3) is 0.571. The Morgan fingerprint density at radius 1 is 1.39 bits per heavy atom. The lowest BCUT2D eigenvalue weighted by Gasteiger charge is -2.19. The molecule has 1 fully saturated rings. The summed E-state index contributed by atoms with van der Waals surface area (Å²) >= 11 is 0. The molecule has 1 saturated carbocycles. The van der Waals surface area contributed by atoms with Gasteiger partial charge >= 0.3 is 0 Å². The van der Waals surface area contributed by atoms with E-state index >= 15 is 0 Å². The van der Waals surface area contributed by atoms with Crippen molar-refractivity contribution in [1.29, 1.82) is 0 Å². The van der Waals surface area contributed by atoms with Gasteiger partial charge in [0.25, 0.3) is 0 Å². The Bertz CT molecular complexity index is 405. The summed E-state index contributed by atoms with van der Waals surface area (Å²) in [6.07, 6.45) is 2.56. The van der Waals surface area contributed by atoms with Gasteiger partial charge in [-0.3, -0.25) is 0 Å². The van der Waals surface area contributed by atoms with Crippen molar-refractivity contribution in [2.45, 2.75) is 31.8 Å². The molecule has 1 N–H and O–H groups in total. The third-order valence-electron chi connectivity index (χ3n) is 3.51. The first-order chi connectivity index (χ1) is 8.58. The van der Waals surface area contributed by atoms with Gasteiger partial charge < -0.3 is 10.2 Å². The van der Waals surface area contributed by atoms with E-state index in [4.69, 9.17) is 0 Å². The highest BCUT2D eigenvalue weighted by Gasteiger charge is 2.25. The number of nitrogens with one attached hydrogen (secondary N) is 1. The molecule has 0 saturated heterocycles. The molecule has 0 bridgehead atoms. The van der Waals surface area contributed by atoms with E-state index in [2.05, 4.69) is 17.3 Å². The zero-order chi connectivity index (χ0) is 13.1. The summed E-state index contributed by atoms with van der Waals surface area (Å²) in [5.74, 6) is -0.748. The van der Waals surface area contributed by atoms with Gasteiger partial charge in [-0.1, -0.05) is 0 Å². The molecule has 2 nitrogen and oxygen atoms in total. The Hall–Kier alpha value is -1.00. The quantitative estimate of drug-likeness (QED) is 0.839. The van der Waals surface area contributed by atoms with Gasteiger partial charge in [0.1, 0.15) is 11.6 Å². The highest BCUT2D eigenvalue weighted by molar-refractivity contribution is 5.21. The Morgan fingerprint density at radius 3 is 2.78 bits per heavy atom. The topological polar surface area (TPSA) is 15.3 Å². The minimum Gasteiger partial charge on any atom is -0.309 e. The molecule has 0 radical (unpaired) electrons. The SMILES string of the molecule is CC(NCCN(C)C1CC1)c1cc(F)ccc1F. The van der Waals surface area contributed by atoms with Crippen LogP contribution in [-0.4, -0.2) is 31.1 Å². The van der Waals surface area contributed by atoms with Crippen LogP contribution in [0.25, 0.3) is 0 Å². The third-order valence-corrected chi connectivity index (χ3v) is 3.51. The normalized spacial score (nSPS) is 17.2. The van der Waals surface area contributed by atoms with Crippen LogP contribution in [0, 0.1) is 11.6 Å². The largest absolute Gasteiger partial charge is 0.309 e. The molecule has 100 valence electrons. The zero-order valence-corrected chi connectivity index (χ0v) is 10.9. The minimum atomic E-state index is -0.393. The fourth-order valence-corrected chi connectivity index (χ4v) is 2.11. The second-order valence-corrected chi connectivity index (χ2v) is 5.05. The van der Waals surface area contributed by atoms with Gasteiger partial charge in [-0.2, -0.15) is 0 Å². The number of likely N-dealkylation sites (N-methyl/N-ethyl adjacent to an activating group) is 1. The van der Waals surface area contributed by atoms with Crippen LogP contribution in [0.1, 0.15) is 31.4 Å². The first-order valence-electron chi connectivity index (χ1n) is 6.46. The van der Waals surface area contributed by atoms with Gasteiger partial charge in [0.15, 0.2) is 0 Å².